The van der Waals surface area contributed by atoms with E-state index in [1.807, 2.05) is 17.6 Å². The number of benzene rings is 1. The highest BCUT2D eigenvalue weighted by Gasteiger charge is 2.11. The molecule has 3 aromatic rings. The number of primary amides is 1. The van der Waals surface area contributed by atoms with Crippen LogP contribution in [0.25, 0.3) is 22.0 Å². The SMILES string of the molecule is COCCCn1cc(-c2csc(-c3cccc(C(N)=O)c3)n2)nn1. The topological polar surface area (TPSA) is 95.9 Å². The summed E-state index contributed by atoms with van der Waals surface area (Å²) in [4.78, 5) is 15.9. The largest absolute Gasteiger partial charge is 0.385 e. The Morgan fingerprint density at radius 1 is 1.38 bits per heavy atom. The Kier molecular flexibility index (Phi) is 4.97. The lowest BCUT2D eigenvalue weighted by molar-refractivity contribution is 0.100. The quantitative estimate of drug-likeness (QED) is 0.664. The van der Waals surface area contributed by atoms with Crippen LogP contribution in [0.15, 0.2) is 35.8 Å². The van der Waals surface area contributed by atoms with Crippen LogP contribution in [0.2, 0.25) is 0 Å². The molecule has 0 bridgehead atoms. The summed E-state index contributed by atoms with van der Waals surface area (Å²) in [7, 11) is 1.68. The average Bonchev–Trinajstić information content (AvgIpc) is 3.24. The molecule has 0 aliphatic carbocycles. The summed E-state index contributed by atoms with van der Waals surface area (Å²) < 4.78 is 6.81. The van der Waals surface area contributed by atoms with Crippen LogP contribution < -0.4 is 5.73 Å². The summed E-state index contributed by atoms with van der Waals surface area (Å²) in [5.41, 5.74) is 8.13. The van der Waals surface area contributed by atoms with Crippen LogP contribution in [-0.4, -0.2) is 39.6 Å². The van der Waals surface area contributed by atoms with Crippen LogP contribution in [0.5, 0.6) is 0 Å². The van der Waals surface area contributed by atoms with E-state index in [0.29, 0.717) is 12.2 Å². The maximum absolute atomic E-state index is 11.3. The lowest BCUT2D eigenvalue weighted by Gasteiger charge is -1.99. The van der Waals surface area contributed by atoms with Crippen LogP contribution in [0.1, 0.15) is 16.8 Å². The molecule has 0 aliphatic heterocycles. The predicted molar refractivity (Wildman–Crippen MR) is 91.6 cm³/mol. The first-order valence-corrected chi connectivity index (χ1v) is 8.30. The van der Waals surface area contributed by atoms with Gasteiger partial charge in [-0.15, -0.1) is 16.4 Å². The number of nitrogens with zero attached hydrogens (tertiary/aromatic N) is 4. The van der Waals surface area contributed by atoms with Crippen molar-refractivity contribution in [2.24, 2.45) is 5.73 Å². The van der Waals surface area contributed by atoms with Crippen molar-refractivity contribution in [3.63, 3.8) is 0 Å². The molecule has 24 heavy (non-hydrogen) atoms. The fourth-order valence-corrected chi connectivity index (χ4v) is 3.04. The van der Waals surface area contributed by atoms with Crippen LogP contribution in [0.3, 0.4) is 0 Å². The summed E-state index contributed by atoms with van der Waals surface area (Å²) >= 11 is 1.49. The molecular weight excluding hydrogens is 326 g/mol. The van der Waals surface area contributed by atoms with Gasteiger partial charge in [0, 0.05) is 36.8 Å². The van der Waals surface area contributed by atoms with Crippen molar-refractivity contribution in [2.45, 2.75) is 13.0 Å². The van der Waals surface area contributed by atoms with Crippen molar-refractivity contribution in [2.75, 3.05) is 13.7 Å². The van der Waals surface area contributed by atoms with Gasteiger partial charge >= 0.3 is 0 Å². The first-order chi connectivity index (χ1) is 11.7. The first kappa shape index (κ1) is 16.3. The van der Waals surface area contributed by atoms with Gasteiger partial charge in [-0.25, -0.2) is 4.98 Å². The zero-order valence-corrected chi connectivity index (χ0v) is 14.0. The highest BCUT2D eigenvalue weighted by molar-refractivity contribution is 7.13. The van der Waals surface area contributed by atoms with Crippen molar-refractivity contribution in [1.82, 2.24) is 20.0 Å². The van der Waals surface area contributed by atoms with Gasteiger partial charge in [-0.2, -0.15) is 0 Å². The second-order valence-electron chi connectivity index (χ2n) is 5.20. The van der Waals surface area contributed by atoms with E-state index in [2.05, 4.69) is 15.3 Å². The molecule has 2 N–H and O–H groups in total. The Morgan fingerprint density at radius 2 is 2.25 bits per heavy atom. The Bertz CT molecular complexity index is 842. The molecule has 2 heterocycles. The van der Waals surface area contributed by atoms with Gasteiger partial charge in [0.15, 0.2) is 0 Å². The van der Waals surface area contributed by atoms with Crippen LogP contribution in [0.4, 0.5) is 0 Å². The molecule has 8 heteroatoms. The maximum Gasteiger partial charge on any atom is 0.248 e. The second kappa shape index (κ2) is 7.33. The summed E-state index contributed by atoms with van der Waals surface area (Å²) in [6.45, 7) is 1.44. The number of rotatable bonds is 7. The van der Waals surface area contributed by atoms with Gasteiger partial charge in [-0.05, 0) is 18.6 Å². The molecule has 3 rings (SSSR count). The van der Waals surface area contributed by atoms with Gasteiger partial charge in [0.25, 0.3) is 0 Å². The van der Waals surface area contributed by atoms with Gasteiger partial charge in [-0.3, -0.25) is 9.48 Å². The van der Waals surface area contributed by atoms with Crippen molar-refractivity contribution >= 4 is 17.2 Å². The highest BCUT2D eigenvalue weighted by atomic mass is 32.1. The molecule has 7 nitrogen and oxygen atoms in total. The molecule has 0 spiro atoms. The number of methoxy groups -OCH3 is 1. The molecule has 0 saturated carbocycles. The van der Waals surface area contributed by atoms with Crippen molar-refractivity contribution < 1.29 is 9.53 Å². The summed E-state index contributed by atoms with van der Waals surface area (Å²) in [6.07, 6.45) is 2.75. The monoisotopic (exact) mass is 343 g/mol. The Morgan fingerprint density at radius 3 is 3.04 bits per heavy atom. The zero-order valence-electron chi connectivity index (χ0n) is 13.2. The van der Waals surface area contributed by atoms with Gasteiger partial charge in [0.2, 0.25) is 5.91 Å². The van der Waals surface area contributed by atoms with Crippen molar-refractivity contribution in [3.8, 4) is 22.0 Å². The standard InChI is InChI=1S/C16H17N5O2S/c1-23-7-3-6-21-9-13(19-20-21)14-10-24-16(18-14)12-5-2-4-11(8-12)15(17)22/h2,4-5,8-10H,3,6-7H2,1H3,(H2,17,22). The average molecular weight is 343 g/mol. The van der Waals surface area contributed by atoms with E-state index in [0.717, 1.165) is 34.9 Å². The zero-order chi connectivity index (χ0) is 16.9. The minimum atomic E-state index is -0.451. The molecule has 0 radical (unpaired) electrons. The smallest absolute Gasteiger partial charge is 0.248 e. The normalized spacial score (nSPS) is 10.9. The van der Waals surface area contributed by atoms with Crippen LogP contribution >= 0.6 is 11.3 Å². The van der Waals surface area contributed by atoms with E-state index < -0.39 is 5.91 Å². The van der Waals surface area contributed by atoms with Crippen LogP contribution in [-0.2, 0) is 11.3 Å². The number of amides is 1. The first-order valence-electron chi connectivity index (χ1n) is 7.42. The number of nitrogens with two attached hydrogens (primary N) is 1. The number of hydrogen-bond donors (Lipinski definition) is 1. The highest BCUT2D eigenvalue weighted by Crippen LogP contribution is 2.28. The molecule has 0 atom stereocenters. The van der Waals surface area contributed by atoms with Gasteiger partial charge < -0.3 is 10.5 Å². The third kappa shape index (κ3) is 3.66. The summed E-state index contributed by atoms with van der Waals surface area (Å²) in [6, 6.07) is 7.12. The van der Waals surface area contributed by atoms with Gasteiger partial charge in [0.05, 0.1) is 6.20 Å². The molecule has 0 fully saturated rings. The minimum absolute atomic E-state index is 0.451. The predicted octanol–water partition coefficient (Wildman–Crippen LogP) is 2.20. The molecule has 124 valence electrons. The summed E-state index contributed by atoms with van der Waals surface area (Å²) in [5, 5.41) is 11.0. The molecule has 1 amide bonds. The third-order valence-corrected chi connectivity index (χ3v) is 4.33. The molecule has 1 aromatic carbocycles. The Labute approximate surface area is 143 Å². The number of carbonyl (C=O) groups excluding carboxylic acids is 1. The third-order valence-electron chi connectivity index (χ3n) is 3.43. The molecule has 0 unspecified atom stereocenters. The fraction of sp³-hybridized carbons (Fsp3) is 0.250. The van der Waals surface area contributed by atoms with E-state index in [-0.39, 0.29) is 0 Å². The number of thiazole rings is 1. The van der Waals surface area contributed by atoms with Gasteiger partial charge in [-0.1, -0.05) is 17.3 Å². The van der Waals surface area contributed by atoms with Gasteiger partial charge in [0.1, 0.15) is 16.4 Å². The number of carbonyl (C=O) groups is 1. The van der Waals surface area contributed by atoms with E-state index in [1.165, 1.54) is 11.3 Å². The van der Waals surface area contributed by atoms with E-state index in [4.69, 9.17) is 10.5 Å². The van der Waals surface area contributed by atoms with E-state index >= 15 is 0 Å². The lowest BCUT2D eigenvalue weighted by Crippen LogP contribution is -2.10. The molecule has 0 saturated heterocycles. The van der Waals surface area contributed by atoms with Crippen LogP contribution in [0, 0.1) is 0 Å². The maximum atomic E-state index is 11.3. The Balaban J connectivity index is 1.78. The minimum Gasteiger partial charge on any atom is -0.385 e. The molecule has 0 aliphatic rings. The lowest BCUT2D eigenvalue weighted by atomic mass is 10.1. The number of hydrogen-bond acceptors (Lipinski definition) is 6. The van der Waals surface area contributed by atoms with Crippen molar-refractivity contribution in [1.29, 1.82) is 0 Å². The van der Waals surface area contributed by atoms with E-state index in [1.54, 1.807) is 30.0 Å². The number of aryl methyl sites for hydroxylation is 1. The molecule has 2 aromatic heterocycles. The second-order valence-corrected chi connectivity index (χ2v) is 6.05. The van der Waals surface area contributed by atoms with E-state index in [9.17, 15) is 4.79 Å². The Hall–Kier alpha value is -2.58. The molecular formula is C16H17N5O2S. The van der Waals surface area contributed by atoms with Crippen molar-refractivity contribution in [3.05, 3.63) is 41.4 Å². The number of ether oxygens (including phenoxy) is 1. The fourth-order valence-electron chi connectivity index (χ4n) is 2.23. The number of aromatic nitrogens is 4. The summed E-state index contributed by atoms with van der Waals surface area (Å²) in [5.74, 6) is -0.451.